The molecule has 0 aromatic heterocycles. The second kappa shape index (κ2) is 7.04. The molecule has 2 aromatic carbocycles. The summed E-state index contributed by atoms with van der Waals surface area (Å²) in [6.45, 7) is 0. The number of carbonyl (C=O) groups is 1. The molecule has 6 heteroatoms. The lowest BCUT2D eigenvalue weighted by Gasteiger charge is -2.05. The molecule has 0 aliphatic carbocycles. The quantitative estimate of drug-likeness (QED) is 0.693. The number of nitrogens with one attached hydrogen (secondary N) is 1. The Labute approximate surface area is 121 Å². The van der Waals surface area contributed by atoms with E-state index in [0.29, 0.717) is 11.5 Å². The van der Waals surface area contributed by atoms with Crippen molar-refractivity contribution in [1.82, 2.24) is 5.43 Å². The maximum Gasteiger partial charge on any atom is 0.427 e. The highest BCUT2D eigenvalue weighted by molar-refractivity contribution is 5.81. The van der Waals surface area contributed by atoms with Crippen LogP contribution in [0.2, 0.25) is 0 Å². The van der Waals surface area contributed by atoms with Gasteiger partial charge in [-0.25, -0.2) is 14.6 Å². The monoisotopic (exact) mass is 288 g/mol. The van der Waals surface area contributed by atoms with Crippen molar-refractivity contribution in [2.75, 3.05) is 7.11 Å². The first kappa shape index (κ1) is 14.5. The van der Waals surface area contributed by atoms with Gasteiger partial charge in [0.2, 0.25) is 0 Å². The first-order valence-electron chi connectivity index (χ1n) is 6.08. The van der Waals surface area contributed by atoms with Crippen LogP contribution in [0.1, 0.15) is 5.56 Å². The van der Waals surface area contributed by atoms with Gasteiger partial charge in [-0.3, -0.25) is 0 Å². The summed E-state index contributed by atoms with van der Waals surface area (Å²) in [7, 11) is 1.26. The Balaban J connectivity index is 1.95. The molecule has 2 rings (SSSR count). The zero-order chi connectivity index (χ0) is 15.1. The highest BCUT2D eigenvalue weighted by atomic mass is 19.1. The van der Waals surface area contributed by atoms with Gasteiger partial charge in [-0.05, 0) is 54.1 Å². The van der Waals surface area contributed by atoms with Gasteiger partial charge < -0.3 is 9.47 Å². The number of ether oxygens (including phenoxy) is 2. The summed E-state index contributed by atoms with van der Waals surface area (Å²) < 4.78 is 22.7. The molecule has 0 radical (unpaired) electrons. The Hall–Kier alpha value is -2.89. The Kier molecular flexibility index (Phi) is 4.87. The van der Waals surface area contributed by atoms with Crippen LogP contribution in [0.25, 0.3) is 0 Å². The summed E-state index contributed by atoms with van der Waals surface area (Å²) in [5, 5.41) is 3.70. The maximum atomic E-state index is 12.8. The van der Waals surface area contributed by atoms with Crippen LogP contribution in [0.15, 0.2) is 53.6 Å². The molecule has 0 atom stereocenters. The van der Waals surface area contributed by atoms with E-state index in [0.717, 1.165) is 5.56 Å². The van der Waals surface area contributed by atoms with E-state index in [-0.39, 0.29) is 5.82 Å². The molecule has 0 spiro atoms. The maximum absolute atomic E-state index is 12.8. The fourth-order valence-electron chi connectivity index (χ4n) is 1.47. The highest BCUT2D eigenvalue weighted by Crippen LogP contribution is 2.21. The number of benzene rings is 2. The second-order valence-corrected chi connectivity index (χ2v) is 3.99. The van der Waals surface area contributed by atoms with Gasteiger partial charge in [0.25, 0.3) is 0 Å². The van der Waals surface area contributed by atoms with Crippen LogP contribution in [-0.2, 0) is 4.74 Å². The Morgan fingerprint density at radius 3 is 2.24 bits per heavy atom. The Morgan fingerprint density at radius 1 is 1.10 bits per heavy atom. The number of carbonyl (C=O) groups excluding carboxylic acids is 1. The lowest BCUT2D eigenvalue weighted by Crippen LogP contribution is -2.16. The highest BCUT2D eigenvalue weighted by Gasteiger charge is 1.98. The normalized spacial score (nSPS) is 10.4. The smallest absolute Gasteiger partial charge is 0.427 e. The second-order valence-electron chi connectivity index (χ2n) is 3.99. The van der Waals surface area contributed by atoms with Crippen molar-refractivity contribution in [3.05, 3.63) is 59.9 Å². The minimum Gasteiger partial charge on any atom is -0.457 e. The lowest BCUT2D eigenvalue weighted by molar-refractivity contribution is 0.171. The van der Waals surface area contributed by atoms with Crippen molar-refractivity contribution in [3.8, 4) is 11.5 Å². The molecule has 2 aromatic rings. The number of rotatable bonds is 4. The number of hydrazone groups is 1. The molecule has 108 valence electrons. The van der Waals surface area contributed by atoms with Gasteiger partial charge >= 0.3 is 6.09 Å². The number of nitrogens with zero attached hydrogens (tertiary/aromatic N) is 1. The van der Waals surface area contributed by atoms with Gasteiger partial charge in [0.05, 0.1) is 13.3 Å². The van der Waals surface area contributed by atoms with Crippen molar-refractivity contribution in [2.45, 2.75) is 0 Å². The van der Waals surface area contributed by atoms with Crippen molar-refractivity contribution < 1.29 is 18.7 Å². The van der Waals surface area contributed by atoms with Crippen LogP contribution < -0.4 is 10.2 Å². The van der Waals surface area contributed by atoms with Crippen molar-refractivity contribution >= 4 is 12.3 Å². The molecule has 0 saturated carbocycles. The van der Waals surface area contributed by atoms with Crippen LogP contribution in [0.5, 0.6) is 11.5 Å². The summed E-state index contributed by atoms with van der Waals surface area (Å²) >= 11 is 0. The predicted octanol–water partition coefficient (Wildman–Crippen LogP) is 3.31. The van der Waals surface area contributed by atoms with Gasteiger partial charge in [0.1, 0.15) is 17.3 Å². The van der Waals surface area contributed by atoms with E-state index < -0.39 is 6.09 Å². The van der Waals surface area contributed by atoms with E-state index in [4.69, 9.17) is 4.74 Å². The van der Waals surface area contributed by atoms with Gasteiger partial charge in [-0.15, -0.1) is 0 Å². The summed E-state index contributed by atoms with van der Waals surface area (Å²) in [4.78, 5) is 10.8. The third-order valence-corrected chi connectivity index (χ3v) is 2.48. The molecule has 1 amide bonds. The van der Waals surface area contributed by atoms with E-state index in [2.05, 4.69) is 15.3 Å². The molecular formula is C15H13FN2O3. The van der Waals surface area contributed by atoms with Crippen LogP contribution in [0, 0.1) is 5.82 Å². The standard InChI is InChI=1S/C15H13FN2O3/c1-20-15(19)18-17-10-11-2-6-13(7-3-11)21-14-8-4-12(16)5-9-14/h2-10H,1H3,(H,18,19). The van der Waals surface area contributed by atoms with E-state index in [1.807, 2.05) is 0 Å². The summed E-state index contributed by atoms with van der Waals surface area (Å²) in [5.74, 6) is 0.844. The molecule has 21 heavy (non-hydrogen) atoms. The molecule has 0 aliphatic heterocycles. The first-order valence-corrected chi connectivity index (χ1v) is 6.08. The molecule has 0 saturated heterocycles. The average molecular weight is 288 g/mol. The zero-order valence-corrected chi connectivity index (χ0v) is 11.2. The molecule has 0 bridgehead atoms. The number of hydrogen-bond donors (Lipinski definition) is 1. The molecule has 0 aliphatic rings. The van der Waals surface area contributed by atoms with Crippen molar-refractivity contribution in [3.63, 3.8) is 0 Å². The van der Waals surface area contributed by atoms with Crippen LogP contribution in [0.4, 0.5) is 9.18 Å². The van der Waals surface area contributed by atoms with Gasteiger partial charge in [0.15, 0.2) is 0 Å². The van der Waals surface area contributed by atoms with E-state index in [9.17, 15) is 9.18 Å². The van der Waals surface area contributed by atoms with Crippen molar-refractivity contribution in [2.24, 2.45) is 5.10 Å². The van der Waals surface area contributed by atoms with Crippen molar-refractivity contribution in [1.29, 1.82) is 0 Å². The average Bonchev–Trinajstić information content (AvgIpc) is 2.51. The molecule has 0 unspecified atom stereocenters. The molecular weight excluding hydrogens is 275 g/mol. The third kappa shape index (κ3) is 4.61. The fourth-order valence-corrected chi connectivity index (χ4v) is 1.47. The first-order chi connectivity index (χ1) is 10.2. The largest absolute Gasteiger partial charge is 0.457 e. The van der Waals surface area contributed by atoms with Crippen LogP contribution in [-0.4, -0.2) is 19.4 Å². The SMILES string of the molecule is COC(=O)NN=Cc1ccc(Oc2ccc(F)cc2)cc1. The Morgan fingerprint density at radius 2 is 1.67 bits per heavy atom. The number of amides is 1. The number of methoxy groups -OCH3 is 1. The predicted molar refractivity (Wildman–Crippen MR) is 76.1 cm³/mol. The zero-order valence-electron chi connectivity index (χ0n) is 11.2. The summed E-state index contributed by atoms with van der Waals surface area (Å²) in [6.07, 6.45) is 0.834. The number of hydrogen-bond acceptors (Lipinski definition) is 4. The van der Waals surface area contributed by atoms with Crippen LogP contribution >= 0.6 is 0 Å². The third-order valence-electron chi connectivity index (χ3n) is 2.48. The topological polar surface area (TPSA) is 59.9 Å². The molecule has 0 fully saturated rings. The van der Waals surface area contributed by atoms with Gasteiger partial charge in [-0.1, -0.05) is 0 Å². The minimum atomic E-state index is -0.637. The lowest BCUT2D eigenvalue weighted by atomic mass is 10.2. The van der Waals surface area contributed by atoms with E-state index in [1.165, 1.54) is 25.5 Å². The molecule has 0 heterocycles. The van der Waals surface area contributed by atoms with E-state index in [1.54, 1.807) is 36.4 Å². The Bertz CT molecular complexity index is 624. The minimum absolute atomic E-state index is 0.313. The van der Waals surface area contributed by atoms with Gasteiger partial charge in [-0.2, -0.15) is 5.10 Å². The van der Waals surface area contributed by atoms with Gasteiger partial charge in [0, 0.05) is 0 Å². The van der Waals surface area contributed by atoms with E-state index >= 15 is 0 Å². The summed E-state index contributed by atoms with van der Waals surface area (Å²) in [5.41, 5.74) is 2.96. The summed E-state index contributed by atoms with van der Waals surface area (Å²) in [6, 6.07) is 12.8. The molecule has 5 nitrogen and oxygen atoms in total. The molecule has 1 N–H and O–H groups in total. The number of halogens is 1. The van der Waals surface area contributed by atoms with Crippen LogP contribution in [0.3, 0.4) is 0 Å². The fraction of sp³-hybridized carbons (Fsp3) is 0.0667.